The molecule has 1 aromatic heterocycles. The van der Waals surface area contributed by atoms with Crippen LogP contribution < -0.4 is 4.90 Å². The minimum atomic E-state index is 1.12. The van der Waals surface area contributed by atoms with Gasteiger partial charge in [0.15, 0.2) is 0 Å². The molecule has 0 bridgehead atoms. The van der Waals surface area contributed by atoms with Crippen molar-refractivity contribution in [3.05, 3.63) is 163 Å². The zero-order chi connectivity index (χ0) is 27.9. The number of fused-ring (bicyclic) bond motifs is 5. The highest BCUT2D eigenvalue weighted by Crippen LogP contribution is 2.40. The van der Waals surface area contributed by atoms with E-state index in [0.717, 1.165) is 22.6 Å². The molecule has 2 heteroatoms. The molecule has 0 spiro atoms. The van der Waals surface area contributed by atoms with Crippen LogP contribution in [0.5, 0.6) is 0 Å². The Morgan fingerprint density at radius 1 is 0.429 bits per heavy atom. The Morgan fingerprint density at radius 2 is 1.00 bits per heavy atom. The van der Waals surface area contributed by atoms with Crippen LogP contribution in [0.1, 0.15) is 5.56 Å². The van der Waals surface area contributed by atoms with E-state index >= 15 is 0 Å². The highest BCUT2D eigenvalue weighted by molar-refractivity contribution is 6.09. The summed E-state index contributed by atoms with van der Waals surface area (Å²) < 4.78 is 2.29. The maximum absolute atomic E-state index is 2.37. The summed E-state index contributed by atoms with van der Waals surface area (Å²) in [6, 6.07) is 56.5. The molecule has 1 heterocycles. The highest BCUT2D eigenvalue weighted by Gasteiger charge is 2.16. The van der Waals surface area contributed by atoms with Crippen molar-refractivity contribution >= 4 is 72.7 Å². The second-order valence-corrected chi connectivity index (χ2v) is 10.7. The normalized spacial score (nSPS) is 11.7. The maximum atomic E-state index is 2.37. The van der Waals surface area contributed by atoms with Gasteiger partial charge in [0.1, 0.15) is 0 Å². The minimum absolute atomic E-state index is 1.12. The van der Waals surface area contributed by atoms with Crippen molar-refractivity contribution in [2.75, 3.05) is 4.90 Å². The zero-order valence-electron chi connectivity index (χ0n) is 23.1. The van der Waals surface area contributed by atoms with Crippen LogP contribution >= 0.6 is 0 Å². The molecule has 42 heavy (non-hydrogen) atoms. The van der Waals surface area contributed by atoms with Gasteiger partial charge in [-0.1, -0.05) is 115 Å². The monoisotopic (exact) mass is 536 g/mol. The number of benzene rings is 7. The average molecular weight is 537 g/mol. The number of para-hydroxylation sites is 2. The van der Waals surface area contributed by atoms with E-state index in [1.54, 1.807) is 0 Å². The van der Waals surface area contributed by atoms with E-state index in [9.17, 15) is 0 Å². The molecule has 7 aromatic carbocycles. The Morgan fingerprint density at radius 3 is 1.74 bits per heavy atom. The van der Waals surface area contributed by atoms with Crippen molar-refractivity contribution in [2.45, 2.75) is 0 Å². The Kier molecular flexibility index (Phi) is 5.82. The highest BCUT2D eigenvalue weighted by atomic mass is 15.1. The van der Waals surface area contributed by atoms with Crippen LogP contribution in [0.15, 0.2) is 158 Å². The molecular formula is C40H28N2. The van der Waals surface area contributed by atoms with Crippen LogP contribution in [0, 0.1) is 0 Å². The van der Waals surface area contributed by atoms with E-state index in [1.165, 1.54) is 43.4 Å². The zero-order valence-corrected chi connectivity index (χ0v) is 23.1. The molecule has 0 atom stereocenters. The number of hydrogen-bond donors (Lipinski definition) is 0. The minimum Gasteiger partial charge on any atom is -0.316 e. The SMILES string of the molecule is C(=C\n1c2ccccc2c2ccccc21)/c1ccc(N(c2ccc3ccccc3c2)c2cccc3ccccc23)cc1. The second kappa shape index (κ2) is 10.1. The molecule has 0 saturated heterocycles. The number of aromatic nitrogens is 1. The summed E-state index contributed by atoms with van der Waals surface area (Å²) in [5.74, 6) is 0. The first-order chi connectivity index (χ1) is 20.8. The van der Waals surface area contributed by atoms with E-state index < -0.39 is 0 Å². The summed E-state index contributed by atoms with van der Waals surface area (Å²) in [5, 5.41) is 7.47. The van der Waals surface area contributed by atoms with Gasteiger partial charge in [-0.25, -0.2) is 0 Å². The van der Waals surface area contributed by atoms with Crippen LogP contribution in [0.25, 0.3) is 55.6 Å². The molecule has 0 fully saturated rings. The third kappa shape index (κ3) is 4.13. The first-order valence-corrected chi connectivity index (χ1v) is 14.4. The third-order valence-electron chi connectivity index (χ3n) is 8.18. The van der Waals surface area contributed by atoms with Gasteiger partial charge in [0.2, 0.25) is 0 Å². The summed E-state index contributed by atoms with van der Waals surface area (Å²) in [7, 11) is 0. The van der Waals surface area contributed by atoms with E-state index in [0.29, 0.717) is 0 Å². The number of hydrogen-bond acceptors (Lipinski definition) is 1. The van der Waals surface area contributed by atoms with Crippen molar-refractivity contribution in [3.63, 3.8) is 0 Å². The molecule has 8 aromatic rings. The Hall–Kier alpha value is -5.60. The van der Waals surface area contributed by atoms with Crippen molar-refractivity contribution in [1.82, 2.24) is 4.57 Å². The van der Waals surface area contributed by atoms with Crippen LogP contribution in [-0.4, -0.2) is 4.57 Å². The largest absolute Gasteiger partial charge is 0.316 e. The molecule has 0 unspecified atom stereocenters. The Labute approximate surface area is 245 Å². The fourth-order valence-corrected chi connectivity index (χ4v) is 6.15. The van der Waals surface area contributed by atoms with Gasteiger partial charge < -0.3 is 9.47 Å². The summed E-state index contributed by atoms with van der Waals surface area (Å²) in [6.07, 6.45) is 4.38. The predicted octanol–water partition coefficient (Wildman–Crippen LogP) is 11.2. The van der Waals surface area contributed by atoms with Gasteiger partial charge in [-0.15, -0.1) is 0 Å². The van der Waals surface area contributed by atoms with E-state index in [1.807, 2.05) is 0 Å². The Balaban J connectivity index is 1.22. The van der Waals surface area contributed by atoms with Gasteiger partial charge in [0, 0.05) is 33.7 Å². The average Bonchev–Trinajstić information content (AvgIpc) is 3.38. The van der Waals surface area contributed by atoms with Gasteiger partial charge in [-0.3, -0.25) is 0 Å². The number of nitrogens with zero attached hydrogens (tertiary/aromatic N) is 2. The maximum Gasteiger partial charge on any atom is 0.0540 e. The molecule has 8 rings (SSSR count). The lowest BCUT2D eigenvalue weighted by Gasteiger charge is -2.27. The molecule has 0 aliphatic heterocycles. The summed E-state index contributed by atoms with van der Waals surface area (Å²) >= 11 is 0. The van der Waals surface area contributed by atoms with Gasteiger partial charge in [-0.2, -0.15) is 0 Å². The summed E-state index contributed by atoms with van der Waals surface area (Å²) in [5.41, 5.74) is 7.00. The number of rotatable bonds is 5. The molecule has 0 radical (unpaired) electrons. The van der Waals surface area contributed by atoms with Crippen LogP contribution in [-0.2, 0) is 0 Å². The topological polar surface area (TPSA) is 8.17 Å². The van der Waals surface area contributed by atoms with Crippen LogP contribution in [0.3, 0.4) is 0 Å². The predicted molar refractivity (Wildman–Crippen MR) is 181 cm³/mol. The summed E-state index contributed by atoms with van der Waals surface area (Å²) in [4.78, 5) is 2.37. The first kappa shape index (κ1) is 24.2. The van der Waals surface area contributed by atoms with Gasteiger partial charge in [0.25, 0.3) is 0 Å². The van der Waals surface area contributed by atoms with Gasteiger partial charge in [0.05, 0.1) is 16.7 Å². The summed E-state index contributed by atoms with van der Waals surface area (Å²) in [6.45, 7) is 0. The lowest BCUT2D eigenvalue weighted by Crippen LogP contribution is -2.10. The molecule has 0 N–H and O–H groups in total. The van der Waals surface area contributed by atoms with Crippen molar-refractivity contribution in [2.24, 2.45) is 0 Å². The fraction of sp³-hybridized carbons (Fsp3) is 0. The van der Waals surface area contributed by atoms with E-state index in [4.69, 9.17) is 0 Å². The van der Waals surface area contributed by atoms with Gasteiger partial charge in [-0.05, 0) is 70.3 Å². The Bertz CT molecular complexity index is 2190. The fourth-order valence-electron chi connectivity index (χ4n) is 6.15. The first-order valence-electron chi connectivity index (χ1n) is 14.4. The molecule has 198 valence electrons. The quantitative estimate of drug-likeness (QED) is 0.212. The molecule has 0 amide bonds. The smallest absolute Gasteiger partial charge is 0.0540 e. The standard InChI is InChI=1S/C40H28N2/c1-2-12-32-28-34(25-22-30(32)10-1)42(40-19-9-13-31-11-3-4-14-35(31)40)33-23-20-29(21-24-33)26-27-41-38-17-7-5-15-36(38)37-16-6-8-18-39(37)41/h1-28H/b27-26+. The molecule has 0 aliphatic rings. The lowest BCUT2D eigenvalue weighted by atomic mass is 10.0. The molecular weight excluding hydrogens is 508 g/mol. The number of anilines is 3. The van der Waals surface area contributed by atoms with Crippen LogP contribution in [0.2, 0.25) is 0 Å². The van der Waals surface area contributed by atoms with Crippen molar-refractivity contribution < 1.29 is 0 Å². The van der Waals surface area contributed by atoms with Crippen molar-refractivity contribution in [3.8, 4) is 0 Å². The van der Waals surface area contributed by atoms with E-state index in [2.05, 4.69) is 179 Å². The van der Waals surface area contributed by atoms with Gasteiger partial charge >= 0.3 is 0 Å². The van der Waals surface area contributed by atoms with Crippen molar-refractivity contribution in [1.29, 1.82) is 0 Å². The van der Waals surface area contributed by atoms with Crippen LogP contribution in [0.4, 0.5) is 17.1 Å². The molecule has 0 saturated carbocycles. The molecule has 2 nitrogen and oxygen atoms in total. The lowest BCUT2D eigenvalue weighted by molar-refractivity contribution is 1.29. The second-order valence-electron chi connectivity index (χ2n) is 10.7. The van der Waals surface area contributed by atoms with E-state index in [-0.39, 0.29) is 0 Å². The molecule has 0 aliphatic carbocycles. The third-order valence-corrected chi connectivity index (χ3v) is 8.18.